The Hall–Kier alpha value is -1.65. The molecule has 0 spiro atoms. The molecule has 78 valence electrons. The van der Waals surface area contributed by atoms with E-state index in [4.69, 9.17) is 0 Å². The van der Waals surface area contributed by atoms with Gasteiger partial charge < -0.3 is 0 Å². The van der Waals surface area contributed by atoms with Crippen molar-refractivity contribution in [3.05, 3.63) is 11.6 Å². The molecule has 0 aliphatic carbocycles. The summed E-state index contributed by atoms with van der Waals surface area (Å²) >= 11 is 0. The van der Waals surface area contributed by atoms with E-state index in [2.05, 4.69) is 0 Å². The van der Waals surface area contributed by atoms with E-state index in [1.165, 1.54) is 6.92 Å². The highest BCUT2D eigenvalue weighted by atomic mass is 16.2. The minimum absolute atomic E-state index is 0.478. The lowest BCUT2D eigenvalue weighted by Crippen LogP contribution is -2.42. The molecule has 0 aliphatic rings. The normalized spacial score (nSPS) is 10.6. The number of rotatable bonds is 2. The van der Waals surface area contributed by atoms with Gasteiger partial charge in [0.05, 0.1) is 0 Å². The van der Waals surface area contributed by atoms with E-state index in [0.717, 1.165) is 0 Å². The van der Waals surface area contributed by atoms with Crippen LogP contribution in [0.3, 0.4) is 0 Å². The quantitative estimate of drug-likeness (QED) is 0.642. The van der Waals surface area contributed by atoms with Crippen LogP contribution >= 0.6 is 0 Å². The molecule has 0 saturated heterocycles. The van der Waals surface area contributed by atoms with Crippen molar-refractivity contribution in [1.29, 1.82) is 0 Å². The highest BCUT2D eigenvalue weighted by molar-refractivity contribution is 6.07. The summed E-state index contributed by atoms with van der Waals surface area (Å²) in [6.45, 7) is 4.71. The van der Waals surface area contributed by atoms with Crippen LogP contribution in [0, 0.1) is 0 Å². The van der Waals surface area contributed by atoms with Crippen LogP contribution in [0.15, 0.2) is 11.6 Å². The molecule has 0 aromatic carbocycles. The van der Waals surface area contributed by atoms with Crippen LogP contribution in [0.1, 0.15) is 27.2 Å². The largest absolute Gasteiger partial charge is 0.328 e. The summed E-state index contributed by atoms with van der Waals surface area (Å²) in [5.41, 5.74) is 0.503. The Morgan fingerprint density at radius 1 is 1.21 bits per heavy atom. The summed E-state index contributed by atoms with van der Waals surface area (Å²) in [4.78, 5) is 32.6. The van der Waals surface area contributed by atoms with Crippen molar-refractivity contribution in [2.75, 3.05) is 0 Å². The molecule has 14 heavy (non-hydrogen) atoms. The lowest BCUT2D eigenvalue weighted by atomic mass is 10.2. The van der Waals surface area contributed by atoms with Gasteiger partial charge in [0, 0.05) is 12.5 Å². The Kier molecular flexibility index (Phi) is 5.21. The molecule has 0 saturated carbocycles. The molecule has 5 nitrogen and oxygen atoms in total. The Morgan fingerprint density at radius 3 is 2.14 bits per heavy atom. The van der Waals surface area contributed by atoms with Crippen molar-refractivity contribution in [3.63, 3.8) is 0 Å². The van der Waals surface area contributed by atoms with Gasteiger partial charge in [-0.3, -0.25) is 20.2 Å². The molecular formula is C9H14N2O3. The molecule has 0 radical (unpaired) electrons. The molecule has 0 heterocycles. The van der Waals surface area contributed by atoms with E-state index < -0.39 is 17.8 Å². The topological polar surface area (TPSA) is 75.3 Å². The molecule has 0 fully saturated rings. The highest BCUT2D eigenvalue weighted by Crippen LogP contribution is 1.98. The maximum atomic E-state index is 11.2. The summed E-state index contributed by atoms with van der Waals surface area (Å²) in [5.74, 6) is -0.984. The van der Waals surface area contributed by atoms with E-state index in [1.54, 1.807) is 19.9 Å². The Balaban J connectivity index is 4.19. The average Bonchev–Trinajstić information content (AvgIpc) is 2.04. The second-order valence-corrected chi connectivity index (χ2v) is 2.63. The summed E-state index contributed by atoms with van der Waals surface area (Å²) in [6, 6.07) is -0.796. The molecule has 0 aromatic rings. The molecule has 0 atom stereocenters. The molecule has 0 bridgehead atoms. The second-order valence-electron chi connectivity index (χ2n) is 2.63. The molecular weight excluding hydrogens is 184 g/mol. The van der Waals surface area contributed by atoms with Gasteiger partial charge in [-0.1, -0.05) is 13.0 Å². The molecule has 5 heteroatoms. The van der Waals surface area contributed by atoms with Crippen molar-refractivity contribution >= 4 is 17.8 Å². The van der Waals surface area contributed by atoms with Gasteiger partial charge in [-0.05, 0) is 13.3 Å². The van der Waals surface area contributed by atoms with Gasteiger partial charge in [0.25, 0.3) is 5.91 Å². The Bertz CT molecular complexity index is 282. The summed E-state index contributed by atoms with van der Waals surface area (Å²) in [6.07, 6.45) is 2.16. The van der Waals surface area contributed by atoms with Gasteiger partial charge in [-0.25, -0.2) is 4.79 Å². The van der Waals surface area contributed by atoms with Gasteiger partial charge in [0.2, 0.25) is 5.91 Å². The van der Waals surface area contributed by atoms with E-state index >= 15 is 0 Å². The smallest absolute Gasteiger partial charge is 0.278 e. The molecule has 4 amide bonds. The van der Waals surface area contributed by atoms with Gasteiger partial charge in [-0.2, -0.15) is 0 Å². The van der Waals surface area contributed by atoms with Crippen LogP contribution in [-0.4, -0.2) is 17.8 Å². The molecule has 0 aromatic heterocycles. The third-order valence-corrected chi connectivity index (χ3v) is 1.54. The van der Waals surface area contributed by atoms with Crippen LogP contribution in [-0.2, 0) is 9.59 Å². The zero-order valence-corrected chi connectivity index (χ0v) is 8.51. The molecule has 0 rings (SSSR count). The minimum atomic E-state index is -0.796. The van der Waals surface area contributed by atoms with E-state index in [9.17, 15) is 14.4 Å². The van der Waals surface area contributed by atoms with Crippen molar-refractivity contribution in [1.82, 2.24) is 10.6 Å². The van der Waals surface area contributed by atoms with E-state index in [1.807, 2.05) is 10.6 Å². The van der Waals surface area contributed by atoms with Crippen LogP contribution < -0.4 is 10.6 Å². The SMILES string of the molecule is C/C=C(\CC)C(=O)NC(=O)NC(C)=O. The number of amides is 4. The van der Waals surface area contributed by atoms with Crippen LogP contribution in [0.2, 0.25) is 0 Å². The third-order valence-electron chi connectivity index (χ3n) is 1.54. The van der Waals surface area contributed by atoms with Crippen molar-refractivity contribution in [2.24, 2.45) is 0 Å². The van der Waals surface area contributed by atoms with Gasteiger partial charge in [-0.15, -0.1) is 0 Å². The summed E-state index contributed by atoms with van der Waals surface area (Å²) < 4.78 is 0. The maximum absolute atomic E-state index is 11.2. The molecule has 0 aliphatic heterocycles. The van der Waals surface area contributed by atoms with Crippen LogP contribution in [0.25, 0.3) is 0 Å². The average molecular weight is 198 g/mol. The first-order valence-electron chi connectivity index (χ1n) is 4.29. The number of nitrogens with one attached hydrogen (secondary N) is 2. The second kappa shape index (κ2) is 5.90. The molecule has 2 N–H and O–H groups in total. The summed E-state index contributed by atoms with van der Waals surface area (Å²) in [7, 11) is 0. The number of hydrogen-bond donors (Lipinski definition) is 2. The van der Waals surface area contributed by atoms with Crippen molar-refractivity contribution in [2.45, 2.75) is 27.2 Å². The van der Waals surface area contributed by atoms with Crippen molar-refractivity contribution in [3.8, 4) is 0 Å². The number of urea groups is 1. The maximum Gasteiger partial charge on any atom is 0.328 e. The summed E-state index contributed by atoms with van der Waals surface area (Å²) in [5, 5.41) is 3.97. The van der Waals surface area contributed by atoms with E-state index in [-0.39, 0.29) is 0 Å². The lowest BCUT2D eigenvalue weighted by molar-refractivity contribution is -0.118. The Labute approximate surface area is 82.6 Å². The third kappa shape index (κ3) is 4.39. The lowest BCUT2D eigenvalue weighted by Gasteiger charge is -2.04. The fraction of sp³-hybridized carbons (Fsp3) is 0.444. The number of imide groups is 2. The predicted molar refractivity (Wildman–Crippen MR) is 51.4 cm³/mol. The number of carbonyl (C=O) groups excluding carboxylic acids is 3. The van der Waals surface area contributed by atoms with Gasteiger partial charge in [0.1, 0.15) is 0 Å². The minimum Gasteiger partial charge on any atom is -0.278 e. The zero-order chi connectivity index (χ0) is 11.1. The van der Waals surface area contributed by atoms with Crippen LogP contribution in [0.4, 0.5) is 4.79 Å². The number of hydrogen-bond acceptors (Lipinski definition) is 3. The standard InChI is InChI=1S/C9H14N2O3/c1-4-7(5-2)8(13)11-9(14)10-6(3)12/h4H,5H2,1-3H3,(H2,10,11,12,13,14)/b7-4+. The zero-order valence-electron chi connectivity index (χ0n) is 8.51. The van der Waals surface area contributed by atoms with Gasteiger partial charge in [0.15, 0.2) is 0 Å². The number of allylic oxidation sites excluding steroid dienone is 1. The Morgan fingerprint density at radius 2 is 1.79 bits per heavy atom. The van der Waals surface area contributed by atoms with Crippen molar-refractivity contribution < 1.29 is 14.4 Å². The first-order valence-corrected chi connectivity index (χ1v) is 4.29. The van der Waals surface area contributed by atoms with Crippen LogP contribution in [0.5, 0.6) is 0 Å². The predicted octanol–water partition coefficient (Wildman–Crippen LogP) is 0.715. The first-order chi connectivity index (χ1) is 6.51. The van der Waals surface area contributed by atoms with E-state index in [0.29, 0.717) is 12.0 Å². The van der Waals surface area contributed by atoms with Gasteiger partial charge >= 0.3 is 6.03 Å². The highest BCUT2D eigenvalue weighted by Gasteiger charge is 2.10. The fourth-order valence-electron chi connectivity index (χ4n) is 0.870. The number of carbonyl (C=O) groups is 3. The first kappa shape index (κ1) is 12.3. The fourth-order valence-corrected chi connectivity index (χ4v) is 0.870. The molecule has 0 unspecified atom stereocenters. The monoisotopic (exact) mass is 198 g/mol.